The minimum absolute atomic E-state index is 0.0875. The van der Waals surface area contributed by atoms with Crippen LogP contribution < -0.4 is 5.73 Å². The molecule has 1 aromatic rings. The average Bonchev–Trinajstić information content (AvgIpc) is 1.88. The summed E-state index contributed by atoms with van der Waals surface area (Å²) in [6.45, 7) is 1.95. The van der Waals surface area contributed by atoms with E-state index >= 15 is 0 Å². The van der Waals surface area contributed by atoms with Crippen molar-refractivity contribution in [2.45, 2.75) is 13.0 Å². The number of pyridine rings is 1. The Morgan fingerprint density at radius 1 is 1.60 bits per heavy atom. The molecular weight excluding hydrogens is 239 g/mol. The van der Waals surface area contributed by atoms with Crippen molar-refractivity contribution in [1.29, 1.82) is 0 Å². The summed E-state index contributed by atoms with van der Waals surface area (Å²) in [4.78, 5) is 4.11. The molecule has 0 saturated carbocycles. The van der Waals surface area contributed by atoms with Crippen molar-refractivity contribution >= 4 is 22.6 Å². The SMILES string of the molecule is CC(N)c1ccc(I)nc1. The smallest absolute Gasteiger partial charge is 0.101 e. The summed E-state index contributed by atoms with van der Waals surface area (Å²) < 4.78 is 1.00. The third-order valence-corrected chi connectivity index (χ3v) is 1.91. The predicted octanol–water partition coefficient (Wildman–Crippen LogP) is 1.71. The van der Waals surface area contributed by atoms with Gasteiger partial charge >= 0.3 is 0 Å². The van der Waals surface area contributed by atoms with Crippen LogP contribution in [0, 0.1) is 3.70 Å². The molecule has 10 heavy (non-hydrogen) atoms. The lowest BCUT2D eigenvalue weighted by molar-refractivity contribution is 0.810. The van der Waals surface area contributed by atoms with Gasteiger partial charge in [0.1, 0.15) is 3.70 Å². The first-order valence-electron chi connectivity index (χ1n) is 3.07. The molecule has 54 valence electrons. The van der Waals surface area contributed by atoms with Crippen LogP contribution in [0.5, 0.6) is 0 Å². The van der Waals surface area contributed by atoms with Crippen LogP contribution in [-0.4, -0.2) is 4.98 Å². The maximum Gasteiger partial charge on any atom is 0.101 e. The number of rotatable bonds is 1. The molecule has 0 spiro atoms. The van der Waals surface area contributed by atoms with Crippen LogP contribution in [0.1, 0.15) is 18.5 Å². The Morgan fingerprint density at radius 2 is 2.30 bits per heavy atom. The highest BCUT2D eigenvalue weighted by atomic mass is 127. The first-order valence-corrected chi connectivity index (χ1v) is 4.15. The molecule has 0 amide bonds. The normalized spacial score (nSPS) is 13.1. The second kappa shape index (κ2) is 3.30. The second-order valence-electron chi connectivity index (χ2n) is 2.20. The van der Waals surface area contributed by atoms with Crippen molar-refractivity contribution < 1.29 is 0 Å². The van der Waals surface area contributed by atoms with Crippen LogP contribution >= 0.6 is 22.6 Å². The van der Waals surface area contributed by atoms with E-state index in [9.17, 15) is 0 Å². The molecule has 2 nitrogen and oxygen atoms in total. The number of aromatic nitrogens is 1. The molecule has 0 saturated heterocycles. The minimum Gasteiger partial charge on any atom is -0.324 e. The lowest BCUT2D eigenvalue weighted by atomic mass is 10.2. The van der Waals surface area contributed by atoms with E-state index < -0.39 is 0 Å². The van der Waals surface area contributed by atoms with Crippen molar-refractivity contribution in [3.05, 3.63) is 27.6 Å². The molecule has 1 unspecified atom stereocenters. The largest absolute Gasteiger partial charge is 0.324 e. The highest BCUT2D eigenvalue weighted by Gasteiger charge is 1.97. The number of nitrogens with two attached hydrogens (primary N) is 1. The van der Waals surface area contributed by atoms with Gasteiger partial charge < -0.3 is 5.73 Å². The number of nitrogens with zero attached hydrogens (tertiary/aromatic N) is 1. The Kier molecular flexibility index (Phi) is 2.62. The van der Waals surface area contributed by atoms with Crippen molar-refractivity contribution in [2.24, 2.45) is 5.73 Å². The Bertz CT molecular complexity index is 205. The van der Waals surface area contributed by atoms with Crippen molar-refractivity contribution in [1.82, 2.24) is 4.98 Å². The molecule has 3 heteroatoms. The zero-order valence-electron chi connectivity index (χ0n) is 5.71. The molecule has 0 bridgehead atoms. The maximum absolute atomic E-state index is 5.62. The van der Waals surface area contributed by atoms with Crippen LogP contribution in [0.4, 0.5) is 0 Å². The quantitative estimate of drug-likeness (QED) is 0.606. The van der Waals surface area contributed by atoms with Crippen molar-refractivity contribution in [3.63, 3.8) is 0 Å². The predicted molar refractivity (Wildman–Crippen MR) is 49.6 cm³/mol. The van der Waals surface area contributed by atoms with Gasteiger partial charge in [0.2, 0.25) is 0 Å². The molecule has 1 aromatic heterocycles. The van der Waals surface area contributed by atoms with Gasteiger partial charge in [0.15, 0.2) is 0 Å². The van der Waals surface area contributed by atoms with Crippen molar-refractivity contribution in [3.8, 4) is 0 Å². The highest BCUT2D eigenvalue weighted by molar-refractivity contribution is 14.1. The minimum atomic E-state index is 0.0875. The van der Waals surface area contributed by atoms with Gasteiger partial charge in [0, 0.05) is 12.2 Å². The first kappa shape index (κ1) is 7.94. The highest BCUT2D eigenvalue weighted by Crippen LogP contribution is 2.08. The summed E-state index contributed by atoms with van der Waals surface area (Å²) in [5, 5.41) is 0. The summed E-state index contributed by atoms with van der Waals surface area (Å²) in [6.07, 6.45) is 1.81. The van der Waals surface area contributed by atoms with Crippen LogP contribution in [0.2, 0.25) is 0 Å². The van der Waals surface area contributed by atoms with E-state index in [4.69, 9.17) is 5.73 Å². The third kappa shape index (κ3) is 1.91. The zero-order valence-corrected chi connectivity index (χ0v) is 7.87. The molecule has 0 aliphatic carbocycles. The van der Waals surface area contributed by atoms with E-state index in [1.807, 2.05) is 25.3 Å². The molecule has 0 aliphatic heterocycles. The van der Waals surface area contributed by atoms with Gasteiger partial charge in [-0.1, -0.05) is 6.07 Å². The fourth-order valence-electron chi connectivity index (χ4n) is 0.657. The van der Waals surface area contributed by atoms with E-state index in [1.165, 1.54) is 0 Å². The summed E-state index contributed by atoms with van der Waals surface area (Å²) in [5.74, 6) is 0. The number of hydrogen-bond donors (Lipinski definition) is 1. The third-order valence-electron chi connectivity index (χ3n) is 1.28. The van der Waals surface area contributed by atoms with Crippen LogP contribution in [0.3, 0.4) is 0 Å². The summed E-state index contributed by atoms with van der Waals surface area (Å²) in [5.41, 5.74) is 6.71. The van der Waals surface area contributed by atoms with Gasteiger partial charge in [0.05, 0.1) is 0 Å². The van der Waals surface area contributed by atoms with Gasteiger partial charge in [0.25, 0.3) is 0 Å². The summed E-state index contributed by atoms with van der Waals surface area (Å²) >= 11 is 2.17. The average molecular weight is 248 g/mol. The lowest BCUT2D eigenvalue weighted by Gasteiger charge is -2.02. The van der Waals surface area contributed by atoms with E-state index in [0.29, 0.717) is 0 Å². The fraction of sp³-hybridized carbons (Fsp3) is 0.286. The van der Waals surface area contributed by atoms with Gasteiger partial charge in [-0.05, 0) is 41.1 Å². The topological polar surface area (TPSA) is 38.9 Å². The Hall–Kier alpha value is -0.160. The van der Waals surface area contributed by atoms with Crippen LogP contribution in [0.25, 0.3) is 0 Å². The molecule has 0 fully saturated rings. The maximum atomic E-state index is 5.62. The van der Waals surface area contributed by atoms with E-state index in [2.05, 4.69) is 27.6 Å². The molecular formula is C7H9IN2. The molecule has 1 rings (SSSR count). The van der Waals surface area contributed by atoms with Gasteiger partial charge in [-0.15, -0.1) is 0 Å². The van der Waals surface area contributed by atoms with E-state index in [0.717, 1.165) is 9.26 Å². The monoisotopic (exact) mass is 248 g/mol. The fourth-order valence-corrected chi connectivity index (χ4v) is 0.976. The zero-order chi connectivity index (χ0) is 7.56. The van der Waals surface area contributed by atoms with Crippen molar-refractivity contribution in [2.75, 3.05) is 0 Å². The van der Waals surface area contributed by atoms with Crippen LogP contribution in [0.15, 0.2) is 18.3 Å². The second-order valence-corrected chi connectivity index (χ2v) is 3.31. The first-order chi connectivity index (χ1) is 4.70. The van der Waals surface area contributed by atoms with Gasteiger partial charge in [-0.25, -0.2) is 4.98 Å². The Balaban J connectivity index is 2.89. The van der Waals surface area contributed by atoms with Crippen LogP contribution in [-0.2, 0) is 0 Å². The van der Waals surface area contributed by atoms with Gasteiger partial charge in [-0.2, -0.15) is 0 Å². The molecule has 1 heterocycles. The lowest BCUT2D eigenvalue weighted by Crippen LogP contribution is -2.04. The van der Waals surface area contributed by atoms with Gasteiger partial charge in [-0.3, -0.25) is 0 Å². The summed E-state index contributed by atoms with van der Waals surface area (Å²) in [6, 6.07) is 4.04. The van der Waals surface area contributed by atoms with E-state index in [1.54, 1.807) is 0 Å². The molecule has 0 aliphatic rings. The molecule has 2 N–H and O–H groups in total. The van der Waals surface area contributed by atoms with E-state index in [-0.39, 0.29) is 6.04 Å². The summed E-state index contributed by atoms with van der Waals surface area (Å²) in [7, 11) is 0. The number of halogens is 1. The standard InChI is InChI=1S/C7H9IN2/c1-5(9)6-2-3-7(8)10-4-6/h2-5H,9H2,1H3. The molecule has 0 aromatic carbocycles. The Labute approximate surface area is 74.0 Å². The molecule has 1 atom stereocenters. The Morgan fingerprint density at radius 3 is 2.70 bits per heavy atom. The number of hydrogen-bond acceptors (Lipinski definition) is 2. The molecule has 0 radical (unpaired) electrons.